The summed E-state index contributed by atoms with van der Waals surface area (Å²) < 4.78 is 5.30. The number of ether oxygens (including phenoxy) is 1. The smallest absolute Gasteiger partial charge is 0.243 e. The van der Waals surface area contributed by atoms with Crippen molar-refractivity contribution in [3.05, 3.63) is 53.6 Å². The van der Waals surface area contributed by atoms with Crippen LogP contribution in [0.4, 0.5) is 11.4 Å². The van der Waals surface area contributed by atoms with E-state index in [-0.39, 0.29) is 12.5 Å². The van der Waals surface area contributed by atoms with E-state index in [1.54, 1.807) is 7.11 Å². The van der Waals surface area contributed by atoms with Gasteiger partial charge in [-0.1, -0.05) is 58.0 Å². The molecule has 0 atom stereocenters. The van der Waals surface area contributed by atoms with Crippen molar-refractivity contribution in [1.82, 2.24) is 0 Å². The second-order valence-electron chi connectivity index (χ2n) is 6.72. The number of para-hydroxylation sites is 3. The summed E-state index contributed by atoms with van der Waals surface area (Å²) in [7, 11) is 1.62. The summed E-state index contributed by atoms with van der Waals surface area (Å²) in [4.78, 5) is 12.5. The molecule has 2 rings (SSSR count). The van der Waals surface area contributed by atoms with Gasteiger partial charge in [0.2, 0.25) is 5.91 Å². The second kappa shape index (κ2) is 8.56. The Morgan fingerprint density at radius 1 is 0.960 bits per heavy atom. The molecule has 2 aromatic rings. The maximum Gasteiger partial charge on any atom is 0.243 e. The van der Waals surface area contributed by atoms with Crippen LogP contribution in [0.2, 0.25) is 0 Å². The fraction of sp³-hybridized carbons (Fsp3) is 0.381. The van der Waals surface area contributed by atoms with E-state index in [2.05, 4.69) is 56.5 Å². The molecule has 1 amide bonds. The van der Waals surface area contributed by atoms with Crippen molar-refractivity contribution in [3.63, 3.8) is 0 Å². The summed E-state index contributed by atoms with van der Waals surface area (Å²) in [6.07, 6.45) is 0. The van der Waals surface area contributed by atoms with Crippen LogP contribution < -0.4 is 15.4 Å². The molecule has 0 aliphatic carbocycles. The summed E-state index contributed by atoms with van der Waals surface area (Å²) in [5.74, 6) is 1.34. The summed E-state index contributed by atoms with van der Waals surface area (Å²) >= 11 is 0. The number of benzene rings is 2. The Labute approximate surface area is 150 Å². The predicted molar refractivity (Wildman–Crippen MR) is 105 cm³/mol. The number of nitrogens with one attached hydrogen (secondary N) is 2. The highest BCUT2D eigenvalue weighted by Crippen LogP contribution is 2.32. The third-order valence-electron chi connectivity index (χ3n) is 4.18. The number of rotatable bonds is 7. The molecule has 2 aromatic carbocycles. The molecular weight excluding hydrogens is 312 g/mol. The van der Waals surface area contributed by atoms with Gasteiger partial charge in [-0.3, -0.25) is 4.79 Å². The minimum atomic E-state index is -0.0686. The summed E-state index contributed by atoms with van der Waals surface area (Å²) in [6.45, 7) is 8.75. The highest BCUT2D eigenvalue weighted by molar-refractivity contribution is 5.95. The molecule has 4 heteroatoms. The number of hydrogen-bond acceptors (Lipinski definition) is 3. The maximum atomic E-state index is 12.5. The van der Waals surface area contributed by atoms with Gasteiger partial charge in [-0.05, 0) is 35.1 Å². The molecule has 0 fully saturated rings. The van der Waals surface area contributed by atoms with Crippen LogP contribution in [-0.2, 0) is 4.79 Å². The minimum Gasteiger partial charge on any atom is -0.495 e. The molecule has 2 N–H and O–H groups in total. The van der Waals surface area contributed by atoms with E-state index < -0.39 is 0 Å². The molecule has 0 aromatic heterocycles. The Bertz CT molecular complexity index is 697. The lowest BCUT2D eigenvalue weighted by atomic mass is 9.92. The van der Waals surface area contributed by atoms with Crippen LogP contribution in [0, 0.1) is 0 Å². The van der Waals surface area contributed by atoms with Gasteiger partial charge < -0.3 is 15.4 Å². The van der Waals surface area contributed by atoms with Gasteiger partial charge in [-0.2, -0.15) is 0 Å². The average molecular weight is 340 g/mol. The van der Waals surface area contributed by atoms with E-state index in [9.17, 15) is 4.79 Å². The standard InChI is InChI=1S/C21H28N2O2/c1-14(2)16-9-8-10-17(15(3)4)21(16)23-20(24)13-22-18-11-6-7-12-19(18)25-5/h6-12,14-15,22H,13H2,1-5H3,(H,23,24). The zero-order valence-corrected chi connectivity index (χ0v) is 15.7. The van der Waals surface area contributed by atoms with Crippen molar-refractivity contribution in [2.24, 2.45) is 0 Å². The normalized spacial score (nSPS) is 10.8. The Kier molecular flexibility index (Phi) is 6.45. The van der Waals surface area contributed by atoms with Crippen LogP contribution in [0.1, 0.15) is 50.7 Å². The first-order valence-electron chi connectivity index (χ1n) is 8.73. The van der Waals surface area contributed by atoms with E-state index >= 15 is 0 Å². The topological polar surface area (TPSA) is 50.4 Å². The van der Waals surface area contributed by atoms with Gasteiger partial charge in [0, 0.05) is 5.69 Å². The quantitative estimate of drug-likeness (QED) is 0.746. The third kappa shape index (κ3) is 4.75. The summed E-state index contributed by atoms with van der Waals surface area (Å²) in [5.41, 5.74) is 4.08. The highest BCUT2D eigenvalue weighted by atomic mass is 16.5. The summed E-state index contributed by atoms with van der Waals surface area (Å²) in [6, 6.07) is 13.8. The molecule has 134 valence electrons. The first-order valence-corrected chi connectivity index (χ1v) is 8.73. The number of anilines is 2. The monoisotopic (exact) mass is 340 g/mol. The molecule has 0 heterocycles. The van der Waals surface area contributed by atoms with E-state index in [1.165, 1.54) is 0 Å². The largest absolute Gasteiger partial charge is 0.495 e. The van der Waals surface area contributed by atoms with Gasteiger partial charge in [0.15, 0.2) is 0 Å². The Morgan fingerprint density at radius 3 is 2.12 bits per heavy atom. The molecule has 0 aliphatic rings. The maximum absolute atomic E-state index is 12.5. The minimum absolute atomic E-state index is 0.0686. The lowest BCUT2D eigenvalue weighted by Crippen LogP contribution is -2.23. The number of hydrogen-bond donors (Lipinski definition) is 2. The molecule has 0 unspecified atom stereocenters. The van der Waals surface area contributed by atoms with Crippen molar-refractivity contribution in [1.29, 1.82) is 0 Å². The molecule has 0 spiro atoms. The second-order valence-corrected chi connectivity index (χ2v) is 6.72. The number of carbonyl (C=O) groups is 1. The predicted octanol–water partition coefficient (Wildman–Crippen LogP) is 4.99. The average Bonchev–Trinajstić information content (AvgIpc) is 2.59. The first-order chi connectivity index (χ1) is 11.9. The van der Waals surface area contributed by atoms with E-state index in [4.69, 9.17) is 4.74 Å². The lowest BCUT2D eigenvalue weighted by molar-refractivity contribution is -0.114. The Balaban J connectivity index is 2.15. The van der Waals surface area contributed by atoms with Crippen LogP contribution in [-0.4, -0.2) is 19.6 Å². The number of amides is 1. The number of carbonyl (C=O) groups excluding carboxylic acids is 1. The van der Waals surface area contributed by atoms with Crippen molar-refractivity contribution >= 4 is 17.3 Å². The SMILES string of the molecule is COc1ccccc1NCC(=O)Nc1c(C(C)C)cccc1C(C)C. The van der Waals surface area contributed by atoms with Crippen LogP contribution in [0.25, 0.3) is 0 Å². The van der Waals surface area contributed by atoms with Gasteiger partial charge in [0.1, 0.15) is 5.75 Å². The molecule has 0 bridgehead atoms. The zero-order chi connectivity index (χ0) is 18.4. The van der Waals surface area contributed by atoms with E-state index in [0.717, 1.165) is 28.3 Å². The highest BCUT2D eigenvalue weighted by Gasteiger charge is 2.16. The van der Waals surface area contributed by atoms with Crippen molar-refractivity contribution in [2.75, 3.05) is 24.3 Å². The first kappa shape index (κ1) is 18.8. The van der Waals surface area contributed by atoms with Crippen LogP contribution in [0.5, 0.6) is 5.75 Å². The van der Waals surface area contributed by atoms with Crippen molar-refractivity contribution in [2.45, 2.75) is 39.5 Å². The van der Waals surface area contributed by atoms with Gasteiger partial charge in [0.05, 0.1) is 19.3 Å². The Morgan fingerprint density at radius 2 is 1.56 bits per heavy atom. The molecule has 25 heavy (non-hydrogen) atoms. The third-order valence-corrected chi connectivity index (χ3v) is 4.18. The van der Waals surface area contributed by atoms with Crippen LogP contribution >= 0.6 is 0 Å². The molecule has 4 nitrogen and oxygen atoms in total. The molecule has 0 saturated carbocycles. The van der Waals surface area contributed by atoms with Gasteiger partial charge in [0.25, 0.3) is 0 Å². The fourth-order valence-corrected chi connectivity index (χ4v) is 2.85. The van der Waals surface area contributed by atoms with Crippen molar-refractivity contribution in [3.8, 4) is 5.75 Å². The van der Waals surface area contributed by atoms with Crippen LogP contribution in [0.3, 0.4) is 0 Å². The lowest BCUT2D eigenvalue weighted by Gasteiger charge is -2.20. The van der Waals surface area contributed by atoms with Gasteiger partial charge in [-0.15, -0.1) is 0 Å². The molecule has 0 saturated heterocycles. The number of methoxy groups -OCH3 is 1. The van der Waals surface area contributed by atoms with Gasteiger partial charge in [-0.25, -0.2) is 0 Å². The van der Waals surface area contributed by atoms with E-state index in [0.29, 0.717) is 11.8 Å². The Hall–Kier alpha value is -2.49. The zero-order valence-electron chi connectivity index (χ0n) is 15.7. The van der Waals surface area contributed by atoms with Crippen LogP contribution in [0.15, 0.2) is 42.5 Å². The van der Waals surface area contributed by atoms with E-state index in [1.807, 2.05) is 24.3 Å². The molecule has 0 radical (unpaired) electrons. The fourth-order valence-electron chi connectivity index (χ4n) is 2.85. The van der Waals surface area contributed by atoms with Crippen molar-refractivity contribution < 1.29 is 9.53 Å². The molecular formula is C21H28N2O2. The summed E-state index contributed by atoms with van der Waals surface area (Å²) in [5, 5.41) is 6.25. The molecule has 0 aliphatic heterocycles. The van der Waals surface area contributed by atoms with Gasteiger partial charge >= 0.3 is 0 Å².